The predicted molar refractivity (Wildman–Crippen MR) is 67.8 cm³/mol. The molecule has 1 unspecified atom stereocenters. The number of nitrogens with two attached hydrogens (primary N) is 1. The molecule has 2 rings (SSSR count). The summed E-state index contributed by atoms with van der Waals surface area (Å²) in [6.45, 7) is 0. The van der Waals surface area contributed by atoms with E-state index in [9.17, 15) is 0 Å². The van der Waals surface area contributed by atoms with Gasteiger partial charge in [-0.05, 0) is 18.1 Å². The van der Waals surface area contributed by atoms with Gasteiger partial charge in [0, 0.05) is 25.5 Å². The minimum Gasteiger partial charge on any atom is -0.481 e. The van der Waals surface area contributed by atoms with E-state index in [0.717, 1.165) is 17.7 Å². The van der Waals surface area contributed by atoms with Crippen molar-refractivity contribution in [2.24, 2.45) is 12.9 Å². The lowest BCUT2D eigenvalue weighted by Gasteiger charge is -2.16. The Hall–Kier alpha value is -1.92. The summed E-state index contributed by atoms with van der Waals surface area (Å²) in [5.41, 5.74) is 4.92. The summed E-state index contributed by atoms with van der Waals surface area (Å²) in [7, 11) is 3.49. The van der Waals surface area contributed by atoms with Crippen LogP contribution in [0.3, 0.4) is 0 Å². The summed E-state index contributed by atoms with van der Waals surface area (Å²) in [6.07, 6.45) is 4.29. The van der Waals surface area contributed by atoms with E-state index in [-0.39, 0.29) is 6.04 Å². The quantitative estimate of drug-likeness (QED) is 0.596. The van der Waals surface area contributed by atoms with Gasteiger partial charge in [-0.3, -0.25) is 16.0 Å². The van der Waals surface area contributed by atoms with Crippen LogP contribution in [0.5, 0.6) is 5.88 Å². The maximum absolute atomic E-state index is 5.60. The van der Waals surface area contributed by atoms with Gasteiger partial charge in [-0.25, -0.2) is 4.98 Å². The number of aromatic nitrogens is 3. The highest BCUT2D eigenvalue weighted by Gasteiger charge is 2.14. The number of nitrogens with zero attached hydrogens (tertiary/aromatic N) is 3. The van der Waals surface area contributed by atoms with E-state index in [0.29, 0.717) is 5.88 Å². The van der Waals surface area contributed by atoms with Crippen LogP contribution in [0.15, 0.2) is 30.6 Å². The van der Waals surface area contributed by atoms with Crippen molar-refractivity contribution in [3.63, 3.8) is 0 Å². The normalized spacial score (nSPS) is 12.4. The van der Waals surface area contributed by atoms with Crippen molar-refractivity contribution in [2.45, 2.75) is 12.5 Å². The van der Waals surface area contributed by atoms with Crippen molar-refractivity contribution < 1.29 is 4.74 Å². The maximum atomic E-state index is 5.60. The molecule has 0 saturated carbocycles. The summed E-state index contributed by atoms with van der Waals surface area (Å²) in [5, 5.41) is 4.14. The third-order valence-corrected chi connectivity index (χ3v) is 2.86. The van der Waals surface area contributed by atoms with Crippen LogP contribution in [0.2, 0.25) is 0 Å². The second-order valence-corrected chi connectivity index (χ2v) is 4.01. The Morgan fingerprint density at radius 1 is 1.44 bits per heavy atom. The summed E-state index contributed by atoms with van der Waals surface area (Å²) < 4.78 is 6.83. The minimum atomic E-state index is 0.00712. The van der Waals surface area contributed by atoms with Gasteiger partial charge in [0.25, 0.3) is 0 Å². The van der Waals surface area contributed by atoms with Gasteiger partial charge >= 0.3 is 0 Å². The molecule has 2 aromatic heterocycles. The summed E-state index contributed by atoms with van der Waals surface area (Å²) >= 11 is 0. The van der Waals surface area contributed by atoms with Crippen LogP contribution in [-0.4, -0.2) is 21.9 Å². The highest BCUT2D eigenvalue weighted by molar-refractivity contribution is 5.20. The molecule has 0 bridgehead atoms. The fourth-order valence-corrected chi connectivity index (χ4v) is 1.86. The fourth-order valence-electron chi connectivity index (χ4n) is 1.86. The first kappa shape index (κ1) is 12.5. The monoisotopic (exact) mass is 247 g/mol. The van der Waals surface area contributed by atoms with Crippen molar-refractivity contribution in [1.29, 1.82) is 0 Å². The average molecular weight is 247 g/mol. The molecular weight excluding hydrogens is 230 g/mol. The van der Waals surface area contributed by atoms with Crippen LogP contribution in [0.25, 0.3) is 0 Å². The number of rotatable bonds is 5. The topological polar surface area (TPSA) is 78.0 Å². The zero-order valence-corrected chi connectivity index (χ0v) is 10.5. The highest BCUT2D eigenvalue weighted by atomic mass is 16.5. The van der Waals surface area contributed by atoms with Crippen LogP contribution >= 0.6 is 0 Å². The summed E-state index contributed by atoms with van der Waals surface area (Å²) in [6, 6.07) is 5.77. The first-order chi connectivity index (χ1) is 8.74. The lowest BCUT2D eigenvalue weighted by atomic mass is 10.1. The van der Waals surface area contributed by atoms with Crippen molar-refractivity contribution in [1.82, 2.24) is 20.2 Å². The molecule has 0 fully saturated rings. The molecule has 0 saturated heterocycles. The van der Waals surface area contributed by atoms with E-state index in [1.807, 2.05) is 29.9 Å². The Balaban J connectivity index is 2.13. The molecular formula is C12H17N5O. The fraction of sp³-hybridized carbons (Fsp3) is 0.333. The lowest BCUT2D eigenvalue weighted by molar-refractivity contribution is 0.397. The second kappa shape index (κ2) is 5.61. The molecule has 96 valence electrons. The number of hydrogen-bond acceptors (Lipinski definition) is 5. The number of methoxy groups -OCH3 is 1. The number of aryl methyl sites for hydroxylation is 1. The molecule has 2 heterocycles. The third-order valence-electron chi connectivity index (χ3n) is 2.86. The largest absolute Gasteiger partial charge is 0.481 e. The first-order valence-corrected chi connectivity index (χ1v) is 5.67. The molecule has 0 aliphatic heterocycles. The van der Waals surface area contributed by atoms with E-state index in [1.165, 1.54) is 0 Å². The number of ether oxygens (including phenoxy) is 1. The number of nitrogens with one attached hydrogen (secondary N) is 1. The summed E-state index contributed by atoms with van der Waals surface area (Å²) in [4.78, 5) is 4.18. The molecule has 0 radical (unpaired) electrons. The van der Waals surface area contributed by atoms with Crippen LogP contribution in [-0.2, 0) is 13.5 Å². The van der Waals surface area contributed by atoms with Crippen LogP contribution < -0.4 is 16.0 Å². The zero-order chi connectivity index (χ0) is 13.0. The first-order valence-electron chi connectivity index (χ1n) is 5.67. The Morgan fingerprint density at radius 2 is 2.28 bits per heavy atom. The predicted octanol–water partition coefficient (Wildman–Crippen LogP) is 0.571. The lowest BCUT2D eigenvalue weighted by Crippen LogP contribution is -2.31. The van der Waals surface area contributed by atoms with Crippen LogP contribution in [0.4, 0.5) is 0 Å². The SMILES string of the molecule is COc1ccc(CC(NN)c2ccnn2C)cn1. The van der Waals surface area contributed by atoms with E-state index in [1.54, 1.807) is 19.5 Å². The van der Waals surface area contributed by atoms with E-state index in [4.69, 9.17) is 10.6 Å². The van der Waals surface area contributed by atoms with E-state index < -0.39 is 0 Å². The third kappa shape index (κ3) is 2.66. The number of hydrogen-bond donors (Lipinski definition) is 2. The minimum absolute atomic E-state index is 0.00712. The van der Waals surface area contributed by atoms with Gasteiger partial charge in [-0.15, -0.1) is 0 Å². The van der Waals surface area contributed by atoms with E-state index in [2.05, 4.69) is 15.5 Å². The van der Waals surface area contributed by atoms with Gasteiger partial charge in [0.05, 0.1) is 18.8 Å². The number of pyridine rings is 1. The maximum Gasteiger partial charge on any atom is 0.212 e. The van der Waals surface area contributed by atoms with Crippen LogP contribution in [0.1, 0.15) is 17.3 Å². The van der Waals surface area contributed by atoms with Crippen molar-refractivity contribution in [3.05, 3.63) is 41.9 Å². The smallest absolute Gasteiger partial charge is 0.212 e. The molecule has 2 aromatic rings. The Bertz CT molecular complexity index is 493. The van der Waals surface area contributed by atoms with Crippen molar-refractivity contribution in [2.75, 3.05) is 7.11 Å². The van der Waals surface area contributed by atoms with Gasteiger partial charge in [-0.2, -0.15) is 5.10 Å². The van der Waals surface area contributed by atoms with Crippen LogP contribution in [0, 0.1) is 0 Å². The molecule has 1 atom stereocenters. The second-order valence-electron chi connectivity index (χ2n) is 4.01. The molecule has 18 heavy (non-hydrogen) atoms. The average Bonchev–Trinajstić information content (AvgIpc) is 2.83. The Labute approximate surface area is 106 Å². The van der Waals surface area contributed by atoms with Gasteiger partial charge in [0.2, 0.25) is 5.88 Å². The van der Waals surface area contributed by atoms with E-state index >= 15 is 0 Å². The molecule has 0 amide bonds. The number of hydrazine groups is 1. The zero-order valence-electron chi connectivity index (χ0n) is 10.5. The van der Waals surface area contributed by atoms with Crippen molar-refractivity contribution >= 4 is 0 Å². The van der Waals surface area contributed by atoms with Gasteiger partial charge < -0.3 is 4.74 Å². The standard InChI is InChI=1S/C12H17N5O/c1-17-11(5-6-15-17)10(16-13)7-9-3-4-12(18-2)14-8-9/h3-6,8,10,16H,7,13H2,1-2H3. The molecule has 0 aliphatic rings. The molecule has 3 N–H and O–H groups in total. The highest BCUT2D eigenvalue weighted by Crippen LogP contribution is 2.17. The van der Waals surface area contributed by atoms with Gasteiger partial charge in [-0.1, -0.05) is 6.07 Å². The van der Waals surface area contributed by atoms with Gasteiger partial charge in [0.15, 0.2) is 0 Å². The Morgan fingerprint density at radius 3 is 2.78 bits per heavy atom. The van der Waals surface area contributed by atoms with Gasteiger partial charge in [0.1, 0.15) is 0 Å². The molecule has 6 heteroatoms. The Kier molecular flexibility index (Phi) is 3.91. The summed E-state index contributed by atoms with van der Waals surface area (Å²) in [5.74, 6) is 6.21. The molecule has 0 spiro atoms. The molecule has 0 aromatic carbocycles. The van der Waals surface area contributed by atoms with Crippen molar-refractivity contribution in [3.8, 4) is 5.88 Å². The molecule has 0 aliphatic carbocycles. The molecule has 6 nitrogen and oxygen atoms in total.